The Balaban J connectivity index is 2.61. The van der Waals surface area contributed by atoms with Gasteiger partial charge in [-0.05, 0) is 6.07 Å². The average Bonchev–Trinajstić information content (AvgIpc) is 2.25. The van der Waals surface area contributed by atoms with Gasteiger partial charge in [-0.25, -0.2) is 4.39 Å². The van der Waals surface area contributed by atoms with Crippen LogP contribution in [0.1, 0.15) is 5.56 Å². The van der Waals surface area contributed by atoms with E-state index in [9.17, 15) is 9.18 Å². The van der Waals surface area contributed by atoms with Crippen LogP contribution in [-0.4, -0.2) is 15.5 Å². The average molecular weight is 299 g/mol. The molecule has 0 amide bonds. The van der Waals surface area contributed by atoms with Crippen LogP contribution in [0.25, 0.3) is 0 Å². The molecule has 0 heterocycles. The molecule has 0 aromatic heterocycles. The number of carbonyl (C=O) groups is 1. The summed E-state index contributed by atoms with van der Waals surface area (Å²) >= 11 is 15.8. The molecular formula is C10H7Cl3FNO2. The molecule has 0 atom stereocenters. The third-order valence-corrected chi connectivity index (χ3v) is 2.31. The Kier molecular flexibility index (Phi) is 4.74. The van der Waals surface area contributed by atoms with Crippen molar-refractivity contribution in [3.05, 3.63) is 35.6 Å². The van der Waals surface area contributed by atoms with Gasteiger partial charge in [0, 0.05) is 5.56 Å². The highest BCUT2D eigenvalue weighted by atomic mass is 35.6. The van der Waals surface area contributed by atoms with Crippen LogP contribution in [0.3, 0.4) is 0 Å². The smallest absolute Gasteiger partial charge is 0.267 e. The fraction of sp³-hybridized carbons (Fsp3) is 0.200. The largest absolute Gasteiger partial charge is 0.470 e. The Labute approximate surface area is 112 Å². The van der Waals surface area contributed by atoms with Crippen molar-refractivity contribution in [2.24, 2.45) is 0 Å². The van der Waals surface area contributed by atoms with Crippen LogP contribution in [-0.2, 0) is 16.1 Å². The van der Waals surface area contributed by atoms with Crippen LogP contribution in [0.2, 0.25) is 0 Å². The van der Waals surface area contributed by atoms with Crippen LogP contribution in [0, 0.1) is 11.2 Å². The molecule has 1 aromatic rings. The number of nitrogens with one attached hydrogen (secondary N) is 1. The number of benzene rings is 1. The van der Waals surface area contributed by atoms with Crippen LogP contribution in [0.5, 0.6) is 0 Å². The molecule has 0 aliphatic carbocycles. The van der Waals surface area contributed by atoms with Crippen molar-refractivity contribution in [3.8, 4) is 0 Å². The van der Waals surface area contributed by atoms with Gasteiger partial charge in [-0.15, -0.1) is 0 Å². The molecule has 0 radical (unpaired) electrons. The number of carbonyl (C=O) groups excluding carboxylic acids is 1. The van der Waals surface area contributed by atoms with E-state index in [4.69, 9.17) is 44.9 Å². The van der Waals surface area contributed by atoms with Gasteiger partial charge in [0.1, 0.15) is 12.4 Å². The van der Waals surface area contributed by atoms with E-state index in [-0.39, 0.29) is 12.2 Å². The highest BCUT2D eigenvalue weighted by molar-refractivity contribution is 6.81. The van der Waals surface area contributed by atoms with E-state index in [1.165, 1.54) is 18.2 Å². The monoisotopic (exact) mass is 297 g/mol. The Bertz CT molecular complexity index is 445. The van der Waals surface area contributed by atoms with Crippen molar-refractivity contribution in [1.29, 1.82) is 5.41 Å². The fourth-order valence-corrected chi connectivity index (χ4v) is 1.22. The lowest BCUT2D eigenvalue weighted by atomic mass is 10.2. The first-order valence-corrected chi connectivity index (χ1v) is 5.52. The number of ketones is 1. The number of rotatable bonds is 3. The minimum atomic E-state index is -2.24. The lowest BCUT2D eigenvalue weighted by Crippen LogP contribution is -2.29. The molecule has 7 heteroatoms. The third-order valence-electron chi connectivity index (χ3n) is 1.79. The first-order valence-electron chi connectivity index (χ1n) is 4.38. The molecule has 0 unspecified atom stereocenters. The molecule has 1 aromatic carbocycles. The highest BCUT2D eigenvalue weighted by Crippen LogP contribution is 2.27. The summed E-state index contributed by atoms with van der Waals surface area (Å²) in [6, 6.07) is 5.81. The van der Waals surface area contributed by atoms with E-state index in [1.807, 2.05) is 0 Å². The second-order valence-electron chi connectivity index (χ2n) is 3.04. The van der Waals surface area contributed by atoms with Gasteiger partial charge in [0.15, 0.2) is 0 Å². The summed E-state index contributed by atoms with van der Waals surface area (Å²) in [5, 5.41) is 7.22. The second-order valence-corrected chi connectivity index (χ2v) is 5.32. The highest BCUT2D eigenvalue weighted by Gasteiger charge is 2.35. The van der Waals surface area contributed by atoms with Crippen LogP contribution in [0.15, 0.2) is 24.3 Å². The van der Waals surface area contributed by atoms with Gasteiger partial charge in [0.25, 0.3) is 15.5 Å². The standard InChI is InChI=1S/C10H7Cl3FNO2/c11-10(12,13)8(16)9(15)17-5-6-3-1-2-4-7(6)14/h1-4,15H,5H2. The lowest BCUT2D eigenvalue weighted by molar-refractivity contribution is -0.113. The molecule has 0 fully saturated rings. The van der Waals surface area contributed by atoms with Crippen LogP contribution >= 0.6 is 34.8 Å². The molecule has 1 rings (SSSR count). The van der Waals surface area contributed by atoms with Gasteiger partial charge in [-0.3, -0.25) is 10.2 Å². The van der Waals surface area contributed by atoms with E-state index in [0.717, 1.165) is 0 Å². The van der Waals surface area contributed by atoms with E-state index in [2.05, 4.69) is 0 Å². The van der Waals surface area contributed by atoms with Crippen molar-refractivity contribution < 1.29 is 13.9 Å². The first-order chi connectivity index (χ1) is 7.82. The zero-order valence-electron chi connectivity index (χ0n) is 8.34. The van der Waals surface area contributed by atoms with Crippen LogP contribution < -0.4 is 0 Å². The van der Waals surface area contributed by atoms with Crippen molar-refractivity contribution >= 4 is 46.5 Å². The van der Waals surface area contributed by atoms with Gasteiger partial charge in [0.2, 0.25) is 0 Å². The van der Waals surface area contributed by atoms with Gasteiger partial charge in [-0.1, -0.05) is 53.0 Å². The quantitative estimate of drug-likeness (QED) is 0.529. The first kappa shape index (κ1) is 14.2. The van der Waals surface area contributed by atoms with Crippen molar-refractivity contribution in [2.45, 2.75) is 10.4 Å². The zero-order chi connectivity index (χ0) is 13.1. The van der Waals surface area contributed by atoms with Crippen molar-refractivity contribution in [3.63, 3.8) is 0 Å². The van der Waals surface area contributed by atoms with Gasteiger partial charge >= 0.3 is 0 Å². The molecule has 0 saturated heterocycles. The predicted octanol–water partition coefficient (Wildman–Crippen LogP) is 3.26. The molecule has 1 N–H and O–H groups in total. The topological polar surface area (TPSA) is 50.1 Å². The minimum Gasteiger partial charge on any atom is -0.470 e. The molecule has 0 spiro atoms. The summed E-state index contributed by atoms with van der Waals surface area (Å²) in [7, 11) is 0. The van der Waals surface area contributed by atoms with E-state index in [0.29, 0.717) is 0 Å². The molecule has 17 heavy (non-hydrogen) atoms. The SMILES string of the molecule is N=C(OCc1ccccc1F)C(=O)C(Cl)(Cl)Cl. The summed E-state index contributed by atoms with van der Waals surface area (Å²) in [6.45, 7) is -0.280. The molecular weight excluding hydrogens is 291 g/mol. The minimum absolute atomic E-state index is 0.203. The number of halogens is 4. The Hall–Kier alpha value is -0.840. The number of ether oxygens (including phenoxy) is 1. The lowest BCUT2D eigenvalue weighted by Gasteiger charge is -2.11. The van der Waals surface area contributed by atoms with Gasteiger partial charge < -0.3 is 4.74 Å². The van der Waals surface area contributed by atoms with Crippen LogP contribution in [0.4, 0.5) is 4.39 Å². The number of hydrogen-bond donors (Lipinski definition) is 1. The summed E-state index contributed by atoms with van der Waals surface area (Å²) in [5.41, 5.74) is 0.203. The molecule has 0 aliphatic heterocycles. The normalized spacial score (nSPS) is 11.1. The third kappa shape index (κ3) is 4.15. The summed E-state index contributed by atoms with van der Waals surface area (Å²) in [5.74, 6) is -2.42. The Morgan fingerprint density at radius 3 is 2.47 bits per heavy atom. The second kappa shape index (κ2) is 5.67. The van der Waals surface area contributed by atoms with Crippen molar-refractivity contribution in [1.82, 2.24) is 0 Å². The summed E-state index contributed by atoms with van der Waals surface area (Å²) < 4.78 is 15.7. The molecule has 0 saturated carbocycles. The number of hydrogen-bond acceptors (Lipinski definition) is 3. The van der Waals surface area contributed by atoms with Crippen molar-refractivity contribution in [2.75, 3.05) is 0 Å². The Morgan fingerprint density at radius 1 is 1.35 bits per heavy atom. The van der Waals surface area contributed by atoms with Gasteiger partial charge in [-0.2, -0.15) is 0 Å². The maximum absolute atomic E-state index is 13.2. The molecule has 92 valence electrons. The summed E-state index contributed by atoms with van der Waals surface area (Å²) in [4.78, 5) is 11.2. The molecule has 0 bridgehead atoms. The molecule has 0 aliphatic rings. The zero-order valence-corrected chi connectivity index (χ0v) is 10.6. The van der Waals surface area contributed by atoms with E-state index < -0.39 is 21.3 Å². The molecule has 3 nitrogen and oxygen atoms in total. The summed E-state index contributed by atoms with van der Waals surface area (Å²) in [6.07, 6.45) is 0. The maximum atomic E-state index is 13.2. The van der Waals surface area contributed by atoms with E-state index >= 15 is 0 Å². The number of Topliss-reactive ketones (excluding diaryl/α,β-unsaturated/α-hetero) is 1. The fourth-order valence-electron chi connectivity index (χ4n) is 0.960. The predicted molar refractivity (Wildman–Crippen MR) is 64.2 cm³/mol. The van der Waals surface area contributed by atoms with E-state index in [1.54, 1.807) is 6.07 Å². The number of alkyl halides is 3. The van der Waals surface area contributed by atoms with Gasteiger partial charge in [0.05, 0.1) is 0 Å². The Morgan fingerprint density at radius 2 is 1.94 bits per heavy atom. The maximum Gasteiger partial charge on any atom is 0.267 e.